The summed E-state index contributed by atoms with van der Waals surface area (Å²) in [4.78, 5) is 11.9. The first-order valence-electron chi connectivity index (χ1n) is 5.69. The Balaban J connectivity index is 1.90. The minimum Gasteiger partial charge on any atom is -0.353 e. The molecule has 0 aromatic carbocycles. The molecule has 2 aliphatic carbocycles. The van der Waals surface area contributed by atoms with E-state index in [1.165, 1.54) is 6.42 Å². The Morgan fingerprint density at radius 2 is 2.29 bits per heavy atom. The zero-order valence-electron chi connectivity index (χ0n) is 8.99. The van der Waals surface area contributed by atoms with Crippen LogP contribution in [0.15, 0.2) is 12.2 Å². The van der Waals surface area contributed by atoms with Crippen molar-refractivity contribution in [1.29, 1.82) is 0 Å². The fourth-order valence-corrected chi connectivity index (χ4v) is 2.53. The molecule has 4 unspecified atom stereocenters. The van der Waals surface area contributed by atoms with Crippen molar-refractivity contribution in [3.63, 3.8) is 0 Å². The average Bonchev–Trinajstić information content (AvgIpc) is 2.78. The van der Waals surface area contributed by atoms with E-state index in [0.717, 1.165) is 12.8 Å². The Hall–Kier alpha value is -0.790. The van der Waals surface area contributed by atoms with E-state index in [1.54, 1.807) is 0 Å². The minimum absolute atomic E-state index is 0.263. The molecule has 2 rings (SSSR count). The lowest BCUT2D eigenvalue weighted by Gasteiger charge is -2.20. The number of carbonyl (C=O) groups excluding carboxylic acids is 1. The third-order valence-electron chi connectivity index (χ3n) is 3.62. The van der Waals surface area contributed by atoms with Crippen molar-refractivity contribution in [2.75, 3.05) is 0 Å². The number of rotatable bonds is 3. The van der Waals surface area contributed by atoms with E-state index in [-0.39, 0.29) is 11.8 Å². The van der Waals surface area contributed by atoms with Crippen LogP contribution in [0.2, 0.25) is 0 Å². The van der Waals surface area contributed by atoms with Crippen molar-refractivity contribution in [3.8, 4) is 0 Å². The first-order chi connectivity index (χ1) is 6.70. The Morgan fingerprint density at radius 1 is 1.50 bits per heavy atom. The van der Waals surface area contributed by atoms with Crippen LogP contribution >= 0.6 is 0 Å². The van der Waals surface area contributed by atoms with Gasteiger partial charge in [0, 0.05) is 12.0 Å². The highest BCUT2D eigenvalue weighted by atomic mass is 16.1. The van der Waals surface area contributed by atoms with Crippen LogP contribution in [0.5, 0.6) is 0 Å². The number of amides is 1. The minimum atomic E-state index is 0.263. The van der Waals surface area contributed by atoms with Gasteiger partial charge in [0.25, 0.3) is 0 Å². The van der Waals surface area contributed by atoms with Gasteiger partial charge in [0.05, 0.1) is 0 Å². The van der Waals surface area contributed by atoms with Crippen molar-refractivity contribution in [2.24, 2.45) is 17.8 Å². The molecule has 0 saturated heterocycles. The number of fused-ring (bicyclic) bond motifs is 2. The molecular weight excluding hydrogens is 174 g/mol. The van der Waals surface area contributed by atoms with Crippen LogP contribution in [-0.4, -0.2) is 11.9 Å². The summed E-state index contributed by atoms with van der Waals surface area (Å²) in [6, 6.07) is 0.325. The molecule has 1 amide bonds. The average molecular weight is 193 g/mol. The van der Waals surface area contributed by atoms with Gasteiger partial charge in [0.1, 0.15) is 0 Å². The number of hydrogen-bond acceptors (Lipinski definition) is 1. The molecule has 2 heteroatoms. The van der Waals surface area contributed by atoms with Gasteiger partial charge in [-0.25, -0.2) is 0 Å². The van der Waals surface area contributed by atoms with Crippen LogP contribution in [0.25, 0.3) is 0 Å². The fourth-order valence-electron chi connectivity index (χ4n) is 2.53. The van der Waals surface area contributed by atoms with Crippen LogP contribution in [0.3, 0.4) is 0 Å². The fraction of sp³-hybridized carbons (Fsp3) is 0.750. The third kappa shape index (κ3) is 1.70. The number of allylic oxidation sites excluding steroid dienone is 2. The number of hydrogen-bond donors (Lipinski definition) is 1. The summed E-state index contributed by atoms with van der Waals surface area (Å²) in [7, 11) is 0. The molecule has 1 N–H and O–H groups in total. The second-order valence-corrected chi connectivity index (χ2v) is 4.70. The zero-order chi connectivity index (χ0) is 10.1. The maximum atomic E-state index is 11.9. The van der Waals surface area contributed by atoms with Crippen LogP contribution in [0, 0.1) is 17.8 Å². The van der Waals surface area contributed by atoms with Gasteiger partial charge in [0.2, 0.25) is 5.91 Å². The smallest absolute Gasteiger partial charge is 0.223 e. The van der Waals surface area contributed by atoms with Gasteiger partial charge < -0.3 is 5.32 Å². The van der Waals surface area contributed by atoms with E-state index in [0.29, 0.717) is 17.9 Å². The SMILES string of the molecule is CCC(C)NC(=O)C1CC2C=CC1C2. The lowest BCUT2D eigenvalue weighted by atomic mass is 9.92. The van der Waals surface area contributed by atoms with Gasteiger partial charge in [-0.1, -0.05) is 19.1 Å². The normalized spacial score (nSPS) is 36.0. The standard InChI is InChI=1S/C12H19NO/c1-3-8(2)13-12(14)11-7-9-4-5-10(11)6-9/h4-5,8-11H,3,6-7H2,1-2H3,(H,13,14). The second kappa shape index (κ2) is 3.76. The molecule has 1 fully saturated rings. The second-order valence-electron chi connectivity index (χ2n) is 4.70. The third-order valence-corrected chi connectivity index (χ3v) is 3.62. The number of carbonyl (C=O) groups is 1. The van der Waals surface area contributed by atoms with E-state index in [1.807, 2.05) is 0 Å². The summed E-state index contributed by atoms with van der Waals surface area (Å²) < 4.78 is 0. The first kappa shape index (κ1) is 9.75. The Labute approximate surface area is 85.8 Å². The summed E-state index contributed by atoms with van der Waals surface area (Å²) in [5, 5.41) is 3.08. The molecule has 2 nitrogen and oxygen atoms in total. The molecule has 14 heavy (non-hydrogen) atoms. The molecule has 4 atom stereocenters. The highest BCUT2D eigenvalue weighted by Crippen LogP contribution is 2.43. The lowest BCUT2D eigenvalue weighted by molar-refractivity contribution is -0.126. The van der Waals surface area contributed by atoms with E-state index >= 15 is 0 Å². The van der Waals surface area contributed by atoms with Gasteiger partial charge in [-0.05, 0) is 38.0 Å². The van der Waals surface area contributed by atoms with E-state index in [4.69, 9.17) is 0 Å². The molecule has 2 aliphatic rings. The summed E-state index contributed by atoms with van der Waals surface area (Å²) in [5.41, 5.74) is 0. The molecule has 78 valence electrons. The van der Waals surface area contributed by atoms with E-state index < -0.39 is 0 Å². The highest BCUT2D eigenvalue weighted by Gasteiger charge is 2.39. The van der Waals surface area contributed by atoms with E-state index in [2.05, 4.69) is 31.3 Å². The van der Waals surface area contributed by atoms with Crippen LogP contribution in [0.4, 0.5) is 0 Å². The molecule has 0 aromatic heterocycles. The Kier molecular flexibility index (Phi) is 2.62. The van der Waals surface area contributed by atoms with Gasteiger partial charge >= 0.3 is 0 Å². The predicted octanol–water partition coefficient (Wildman–Crippen LogP) is 2.11. The Bertz CT molecular complexity index is 259. The highest BCUT2D eigenvalue weighted by molar-refractivity contribution is 5.80. The lowest BCUT2D eigenvalue weighted by Crippen LogP contribution is -2.38. The number of nitrogens with one attached hydrogen (secondary N) is 1. The molecule has 0 aromatic rings. The quantitative estimate of drug-likeness (QED) is 0.683. The van der Waals surface area contributed by atoms with Crippen molar-refractivity contribution in [1.82, 2.24) is 5.32 Å². The summed E-state index contributed by atoms with van der Waals surface area (Å²) in [6.07, 6.45) is 7.80. The van der Waals surface area contributed by atoms with Gasteiger partial charge in [-0.3, -0.25) is 4.79 Å². The molecule has 0 radical (unpaired) electrons. The largest absolute Gasteiger partial charge is 0.353 e. The molecular formula is C12H19NO. The van der Waals surface area contributed by atoms with Crippen LogP contribution in [-0.2, 0) is 4.79 Å². The van der Waals surface area contributed by atoms with Crippen molar-refractivity contribution < 1.29 is 4.79 Å². The van der Waals surface area contributed by atoms with Gasteiger partial charge in [-0.2, -0.15) is 0 Å². The molecule has 0 spiro atoms. The predicted molar refractivity (Wildman–Crippen MR) is 56.7 cm³/mol. The van der Waals surface area contributed by atoms with Crippen LogP contribution in [0.1, 0.15) is 33.1 Å². The monoisotopic (exact) mass is 193 g/mol. The van der Waals surface area contributed by atoms with Crippen molar-refractivity contribution >= 4 is 5.91 Å². The summed E-state index contributed by atoms with van der Waals surface area (Å²) in [6.45, 7) is 4.17. The maximum absolute atomic E-state index is 11.9. The van der Waals surface area contributed by atoms with Crippen LogP contribution < -0.4 is 5.32 Å². The van der Waals surface area contributed by atoms with Crippen molar-refractivity contribution in [3.05, 3.63) is 12.2 Å². The van der Waals surface area contributed by atoms with E-state index in [9.17, 15) is 4.79 Å². The molecule has 0 aliphatic heterocycles. The first-order valence-corrected chi connectivity index (χ1v) is 5.69. The maximum Gasteiger partial charge on any atom is 0.223 e. The topological polar surface area (TPSA) is 29.1 Å². The zero-order valence-corrected chi connectivity index (χ0v) is 8.99. The molecule has 2 bridgehead atoms. The summed E-state index contributed by atoms with van der Waals surface area (Å²) >= 11 is 0. The van der Waals surface area contributed by atoms with Gasteiger partial charge in [-0.15, -0.1) is 0 Å². The summed E-state index contributed by atoms with van der Waals surface area (Å²) in [5.74, 6) is 1.76. The molecule has 0 heterocycles. The van der Waals surface area contributed by atoms with Gasteiger partial charge in [0.15, 0.2) is 0 Å². The molecule has 1 saturated carbocycles. The van der Waals surface area contributed by atoms with Crippen molar-refractivity contribution in [2.45, 2.75) is 39.2 Å². The Morgan fingerprint density at radius 3 is 2.79 bits per heavy atom.